The van der Waals surface area contributed by atoms with Crippen LogP contribution < -0.4 is 5.32 Å². The lowest BCUT2D eigenvalue weighted by atomic mass is 9.80. The number of aliphatic carboxylic acids is 2. The molecule has 1 aromatic carbocycles. The summed E-state index contributed by atoms with van der Waals surface area (Å²) < 4.78 is 5.23. The van der Waals surface area contributed by atoms with Gasteiger partial charge >= 0.3 is 18.0 Å². The first kappa shape index (κ1) is 24.0. The molecule has 4 N–H and O–H groups in total. The highest BCUT2D eigenvalue weighted by Crippen LogP contribution is 2.65. The average Bonchev–Trinajstić information content (AvgIpc) is 3.32. The summed E-state index contributed by atoms with van der Waals surface area (Å²) in [6.45, 7) is 4.88. The number of aliphatic hydroxyl groups is 1. The van der Waals surface area contributed by atoms with Crippen LogP contribution >= 0.6 is 35.0 Å². The van der Waals surface area contributed by atoms with E-state index in [0.717, 1.165) is 0 Å². The third-order valence-corrected chi connectivity index (χ3v) is 7.51. The number of thioether (sulfide) groups is 1. The summed E-state index contributed by atoms with van der Waals surface area (Å²) in [5.74, 6) is -6.27. The van der Waals surface area contributed by atoms with Crippen molar-refractivity contribution in [1.29, 1.82) is 0 Å². The summed E-state index contributed by atoms with van der Waals surface area (Å²) in [6, 6.07) is 4.91. The lowest BCUT2D eigenvalue weighted by molar-refractivity contribution is -0.150. The minimum atomic E-state index is -1.99. The average molecular weight is 492 g/mol. The molecule has 2 saturated carbocycles. The van der Waals surface area contributed by atoms with Crippen molar-refractivity contribution in [2.24, 2.45) is 23.7 Å². The molecule has 2 aliphatic rings. The third-order valence-electron chi connectivity index (χ3n) is 5.66. The van der Waals surface area contributed by atoms with Gasteiger partial charge in [0, 0.05) is 28.4 Å². The second-order valence-electron chi connectivity index (χ2n) is 8.75. The van der Waals surface area contributed by atoms with E-state index < -0.39 is 58.9 Å². The largest absolute Gasteiger partial charge is 0.481 e. The van der Waals surface area contributed by atoms with E-state index >= 15 is 0 Å². The number of carbonyl (C=O) groups excluding carboxylic acids is 1. The Morgan fingerprint density at radius 1 is 1.19 bits per heavy atom. The maximum absolute atomic E-state index is 12.5. The molecule has 2 aliphatic carbocycles. The van der Waals surface area contributed by atoms with E-state index in [2.05, 4.69) is 5.32 Å². The van der Waals surface area contributed by atoms with Crippen LogP contribution in [0.4, 0.5) is 4.79 Å². The molecular weight excluding hydrogens is 469 g/mol. The number of aliphatic hydroxyl groups excluding tert-OH is 1. The van der Waals surface area contributed by atoms with Crippen molar-refractivity contribution >= 4 is 53.0 Å². The van der Waals surface area contributed by atoms with Crippen LogP contribution in [0.5, 0.6) is 0 Å². The molecule has 31 heavy (non-hydrogen) atoms. The number of ether oxygens (including phenoxy) is 1. The number of hydrogen-bond donors (Lipinski definition) is 4. The second kappa shape index (κ2) is 8.35. The quantitative estimate of drug-likeness (QED) is 0.445. The van der Waals surface area contributed by atoms with Gasteiger partial charge in [0.2, 0.25) is 0 Å². The van der Waals surface area contributed by atoms with Gasteiger partial charge in [0.05, 0.1) is 22.1 Å². The van der Waals surface area contributed by atoms with Gasteiger partial charge in [-0.05, 0) is 39.0 Å². The highest BCUT2D eigenvalue weighted by Gasteiger charge is 2.79. The first-order chi connectivity index (χ1) is 14.3. The molecule has 8 nitrogen and oxygen atoms in total. The van der Waals surface area contributed by atoms with Crippen LogP contribution in [0.15, 0.2) is 23.1 Å². The van der Waals surface area contributed by atoms with Crippen LogP contribution in [0.25, 0.3) is 0 Å². The van der Waals surface area contributed by atoms with E-state index in [4.69, 9.17) is 27.9 Å². The van der Waals surface area contributed by atoms with Crippen LogP contribution in [0.1, 0.15) is 20.8 Å². The molecule has 1 aromatic rings. The van der Waals surface area contributed by atoms with Crippen LogP contribution in [0, 0.1) is 23.7 Å². The van der Waals surface area contributed by atoms with Gasteiger partial charge < -0.3 is 25.4 Å². The molecule has 11 heteroatoms. The van der Waals surface area contributed by atoms with Crippen molar-refractivity contribution in [1.82, 2.24) is 5.32 Å². The molecule has 2 fully saturated rings. The molecule has 170 valence electrons. The minimum absolute atomic E-state index is 0.0978. The molecule has 1 amide bonds. The number of amides is 1. The van der Waals surface area contributed by atoms with Gasteiger partial charge in [-0.25, -0.2) is 9.59 Å². The number of carbonyl (C=O) groups is 3. The van der Waals surface area contributed by atoms with Gasteiger partial charge in [-0.15, -0.1) is 11.8 Å². The highest BCUT2D eigenvalue weighted by atomic mass is 35.5. The predicted molar refractivity (Wildman–Crippen MR) is 115 cm³/mol. The minimum Gasteiger partial charge on any atom is -0.481 e. The molecule has 0 saturated heterocycles. The summed E-state index contributed by atoms with van der Waals surface area (Å²) in [4.78, 5) is 37.3. The third kappa shape index (κ3) is 4.46. The predicted octanol–water partition coefficient (Wildman–Crippen LogP) is 3.37. The lowest BCUT2D eigenvalue weighted by Crippen LogP contribution is -2.63. The molecule has 0 aliphatic heterocycles. The van der Waals surface area contributed by atoms with Crippen molar-refractivity contribution in [3.8, 4) is 0 Å². The van der Waals surface area contributed by atoms with Crippen molar-refractivity contribution < 1.29 is 34.4 Å². The fourth-order valence-corrected chi connectivity index (χ4v) is 6.00. The summed E-state index contributed by atoms with van der Waals surface area (Å²) in [7, 11) is 0. The van der Waals surface area contributed by atoms with Gasteiger partial charge in [-0.3, -0.25) is 4.79 Å². The molecular formula is C20H23Cl2NO7S. The number of carboxylic acids is 2. The zero-order valence-electron chi connectivity index (χ0n) is 17.0. The number of hydrogen-bond acceptors (Lipinski definition) is 6. The van der Waals surface area contributed by atoms with E-state index in [9.17, 15) is 29.7 Å². The van der Waals surface area contributed by atoms with Gasteiger partial charge in [-0.1, -0.05) is 23.2 Å². The number of carboxylic acid groups (broad SMARTS) is 2. The van der Waals surface area contributed by atoms with Crippen molar-refractivity contribution in [3.63, 3.8) is 0 Å². The number of halogens is 2. The first-order valence-corrected chi connectivity index (χ1v) is 11.3. The normalized spacial score (nSPS) is 31.6. The van der Waals surface area contributed by atoms with Crippen molar-refractivity contribution in [2.45, 2.75) is 42.9 Å². The molecule has 3 rings (SSSR count). The van der Waals surface area contributed by atoms with E-state index in [1.807, 2.05) is 0 Å². The van der Waals surface area contributed by atoms with Crippen molar-refractivity contribution in [3.05, 3.63) is 28.2 Å². The molecule has 0 heterocycles. The Kier molecular flexibility index (Phi) is 6.46. The van der Waals surface area contributed by atoms with Crippen molar-refractivity contribution in [2.75, 3.05) is 5.75 Å². The Morgan fingerprint density at radius 2 is 1.84 bits per heavy atom. The molecule has 0 aromatic heterocycles. The SMILES string of the molecule is CC(C)(C)OC(=O)N[C@]1(C(=O)O)[C@@H]2[C@@H](C(=O)O)[C@@H]2[C@H](O)[C@H]1CSc1ccc(Cl)c(Cl)c1. The van der Waals surface area contributed by atoms with Crippen LogP contribution in [0.3, 0.4) is 0 Å². The number of nitrogens with one attached hydrogen (secondary N) is 1. The summed E-state index contributed by atoms with van der Waals surface area (Å²) in [5, 5.41) is 33.6. The highest BCUT2D eigenvalue weighted by molar-refractivity contribution is 7.99. The Hall–Kier alpha value is -1.68. The van der Waals surface area contributed by atoms with E-state index in [-0.39, 0.29) is 5.75 Å². The maximum atomic E-state index is 12.5. The van der Waals surface area contributed by atoms with Gasteiger partial charge in [0.25, 0.3) is 0 Å². The Morgan fingerprint density at radius 3 is 2.35 bits per heavy atom. The standard InChI is InChI=1S/C20H23Cl2NO7S/c1-19(2,3)30-18(29)23-20(17(27)28)9(15(24)12-13(14(12)20)16(25)26)7-31-8-4-5-10(21)11(22)6-8/h4-6,9,12-15,24H,7H2,1-3H3,(H,23,29)(H,25,26)(H,27,28)/t9-,12+,13+,14+,15-,20+/m1/s1. The maximum Gasteiger partial charge on any atom is 0.408 e. The number of alkyl carbamates (subject to hydrolysis) is 1. The van der Waals surface area contributed by atoms with Crippen LogP contribution in [0.2, 0.25) is 10.0 Å². The number of benzene rings is 1. The lowest BCUT2D eigenvalue weighted by Gasteiger charge is -2.37. The smallest absolute Gasteiger partial charge is 0.408 e. The van der Waals surface area contributed by atoms with E-state index in [0.29, 0.717) is 14.9 Å². The monoisotopic (exact) mass is 491 g/mol. The van der Waals surface area contributed by atoms with E-state index in [1.54, 1.807) is 39.0 Å². The first-order valence-electron chi connectivity index (χ1n) is 9.53. The summed E-state index contributed by atoms with van der Waals surface area (Å²) in [5.41, 5.74) is -2.88. The van der Waals surface area contributed by atoms with Crippen LogP contribution in [-0.4, -0.2) is 56.3 Å². The molecule has 0 unspecified atom stereocenters. The zero-order chi connectivity index (χ0) is 23.3. The van der Waals surface area contributed by atoms with Gasteiger partial charge in [0.15, 0.2) is 5.54 Å². The Bertz CT molecular complexity index is 921. The summed E-state index contributed by atoms with van der Waals surface area (Å²) in [6.07, 6.45) is -2.21. The number of fused-ring (bicyclic) bond motifs is 1. The molecule has 0 bridgehead atoms. The topological polar surface area (TPSA) is 133 Å². The van der Waals surface area contributed by atoms with Gasteiger partial charge in [0.1, 0.15) is 5.60 Å². The molecule has 0 spiro atoms. The fourth-order valence-electron chi connectivity index (χ4n) is 4.44. The van der Waals surface area contributed by atoms with E-state index in [1.165, 1.54) is 11.8 Å². The fraction of sp³-hybridized carbons (Fsp3) is 0.550. The molecule has 0 radical (unpaired) electrons. The second-order valence-corrected chi connectivity index (χ2v) is 10.7. The molecule has 6 atom stereocenters. The zero-order valence-corrected chi connectivity index (χ0v) is 19.3. The number of rotatable bonds is 6. The Labute approximate surface area is 193 Å². The van der Waals surface area contributed by atoms with Gasteiger partial charge in [-0.2, -0.15) is 0 Å². The Balaban J connectivity index is 1.91. The summed E-state index contributed by atoms with van der Waals surface area (Å²) >= 11 is 13.2. The van der Waals surface area contributed by atoms with Crippen LogP contribution in [-0.2, 0) is 14.3 Å².